The van der Waals surface area contributed by atoms with Gasteiger partial charge in [0, 0.05) is 0 Å². The normalized spacial score (nSPS) is 16.8. The molecule has 0 aliphatic carbocycles. The van der Waals surface area contributed by atoms with E-state index in [1.165, 1.54) is 12.1 Å². The molecule has 0 radical (unpaired) electrons. The fourth-order valence-corrected chi connectivity index (χ4v) is 4.39. The molecule has 0 spiro atoms. The maximum Gasteiger partial charge on any atom is 0.416 e. The minimum Gasteiger partial charge on any atom is -0.491 e. The first-order valence-corrected chi connectivity index (χ1v) is 11.7. The molecule has 1 amide bonds. The second-order valence-electron chi connectivity index (χ2n) is 8.58. The van der Waals surface area contributed by atoms with E-state index >= 15 is 0 Å². The molecule has 5 rings (SSSR count). The van der Waals surface area contributed by atoms with E-state index in [4.69, 9.17) is 14.2 Å². The number of hydrogen-bond donors (Lipinski definition) is 1. The van der Waals surface area contributed by atoms with E-state index in [0.29, 0.717) is 41.4 Å². The smallest absolute Gasteiger partial charge is 0.416 e. The van der Waals surface area contributed by atoms with Crippen molar-refractivity contribution in [2.45, 2.75) is 38.7 Å². The van der Waals surface area contributed by atoms with Crippen molar-refractivity contribution in [2.24, 2.45) is 0 Å². The molecule has 12 heteroatoms. The minimum atomic E-state index is -4.48. The van der Waals surface area contributed by atoms with E-state index in [2.05, 4.69) is 15.4 Å². The van der Waals surface area contributed by atoms with Crippen molar-refractivity contribution in [3.05, 3.63) is 64.6 Å². The summed E-state index contributed by atoms with van der Waals surface area (Å²) in [7, 11) is 0. The van der Waals surface area contributed by atoms with Crippen LogP contribution in [0, 0.1) is 0 Å². The number of fused-ring (bicyclic) bond motifs is 2. The van der Waals surface area contributed by atoms with Gasteiger partial charge < -0.3 is 19.5 Å². The number of rotatable bonds is 5. The van der Waals surface area contributed by atoms with Crippen LogP contribution in [0.15, 0.2) is 36.4 Å². The monoisotopic (exact) mass is 516 g/mol. The van der Waals surface area contributed by atoms with Crippen LogP contribution < -0.4 is 10.1 Å². The first-order valence-electron chi connectivity index (χ1n) is 11.7. The number of benzene rings is 1. The van der Waals surface area contributed by atoms with Gasteiger partial charge in [0.25, 0.3) is 5.91 Å². The van der Waals surface area contributed by atoms with E-state index in [0.717, 1.165) is 12.1 Å². The Morgan fingerprint density at radius 1 is 1.24 bits per heavy atom. The minimum absolute atomic E-state index is 0.0730. The van der Waals surface area contributed by atoms with Crippen molar-refractivity contribution in [3.8, 4) is 17.0 Å². The number of nitrogens with zero attached hydrogens (tertiary/aromatic N) is 3. The predicted octanol–water partition coefficient (Wildman–Crippen LogP) is 3.40. The van der Waals surface area contributed by atoms with E-state index in [9.17, 15) is 22.8 Å². The van der Waals surface area contributed by atoms with Gasteiger partial charge >= 0.3 is 12.1 Å². The zero-order valence-electron chi connectivity index (χ0n) is 19.8. The number of esters is 1. The Kier molecular flexibility index (Phi) is 6.59. The Hall–Kier alpha value is -3.93. The van der Waals surface area contributed by atoms with Crippen molar-refractivity contribution in [1.82, 2.24) is 20.1 Å². The lowest BCUT2D eigenvalue weighted by molar-refractivity contribution is -0.137. The Balaban J connectivity index is 1.43. The van der Waals surface area contributed by atoms with Gasteiger partial charge in [-0.2, -0.15) is 18.3 Å². The Bertz CT molecular complexity index is 1350. The number of ether oxygens (including phenoxy) is 3. The number of halogens is 3. The van der Waals surface area contributed by atoms with E-state index in [-0.39, 0.29) is 37.6 Å². The molecule has 1 N–H and O–H groups in total. The summed E-state index contributed by atoms with van der Waals surface area (Å²) in [6.07, 6.45) is -4.32. The third kappa shape index (κ3) is 5.01. The van der Waals surface area contributed by atoms with Gasteiger partial charge in [0.05, 0.1) is 54.9 Å². The molecule has 2 aromatic heterocycles. The first kappa shape index (κ1) is 24.8. The molecule has 2 aliphatic rings. The summed E-state index contributed by atoms with van der Waals surface area (Å²) in [5.41, 5.74) is 1.13. The largest absolute Gasteiger partial charge is 0.491 e. The van der Waals surface area contributed by atoms with Crippen LogP contribution in [0.2, 0.25) is 0 Å². The van der Waals surface area contributed by atoms with Crippen LogP contribution in [-0.2, 0) is 35.2 Å². The summed E-state index contributed by atoms with van der Waals surface area (Å²) in [6.45, 7) is 3.00. The number of amides is 1. The number of alkyl halides is 3. The lowest BCUT2D eigenvalue weighted by atomic mass is 9.99. The van der Waals surface area contributed by atoms with Gasteiger partial charge in [-0.3, -0.25) is 9.48 Å². The Morgan fingerprint density at radius 3 is 2.86 bits per heavy atom. The molecule has 0 saturated carbocycles. The molecule has 0 saturated heterocycles. The first-order chi connectivity index (χ1) is 17.7. The number of carbonyl (C=O) groups is 2. The van der Waals surface area contributed by atoms with Crippen LogP contribution in [0.3, 0.4) is 0 Å². The van der Waals surface area contributed by atoms with Gasteiger partial charge in [-0.15, -0.1) is 0 Å². The molecule has 0 bridgehead atoms. The molecule has 37 heavy (non-hydrogen) atoms. The highest BCUT2D eigenvalue weighted by Gasteiger charge is 2.33. The summed E-state index contributed by atoms with van der Waals surface area (Å²) in [4.78, 5) is 30.0. The van der Waals surface area contributed by atoms with E-state index in [1.807, 2.05) is 0 Å². The van der Waals surface area contributed by atoms with Crippen LogP contribution in [-0.4, -0.2) is 52.5 Å². The zero-order chi connectivity index (χ0) is 26.2. The summed E-state index contributed by atoms with van der Waals surface area (Å²) >= 11 is 0. The average Bonchev–Trinajstić information content (AvgIpc) is 3.28. The molecule has 1 aromatic carbocycles. The molecule has 2 aliphatic heterocycles. The number of pyridine rings is 1. The van der Waals surface area contributed by atoms with Crippen LogP contribution in [0.4, 0.5) is 13.2 Å². The molecule has 3 aromatic rings. The summed E-state index contributed by atoms with van der Waals surface area (Å²) in [5.74, 6) is -0.776. The summed E-state index contributed by atoms with van der Waals surface area (Å²) in [6, 6.07) is 7.53. The highest BCUT2D eigenvalue weighted by atomic mass is 19.4. The Labute approximate surface area is 209 Å². The molecule has 194 valence electrons. The average molecular weight is 516 g/mol. The molecule has 0 fully saturated rings. The van der Waals surface area contributed by atoms with Gasteiger partial charge in [0.1, 0.15) is 18.1 Å². The Morgan fingerprint density at radius 2 is 2.08 bits per heavy atom. The zero-order valence-corrected chi connectivity index (χ0v) is 19.8. The van der Waals surface area contributed by atoms with Gasteiger partial charge in [0.15, 0.2) is 5.69 Å². The SMILES string of the molecule is CCOC(=O)c1cccc(-c2c(C(=O)N[C@H]3COc4ccc(C(F)(F)F)cc4C3)nn3c2COCC3)n1. The van der Waals surface area contributed by atoms with Crippen molar-refractivity contribution in [2.75, 3.05) is 19.8 Å². The van der Waals surface area contributed by atoms with Gasteiger partial charge in [-0.1, -0.05) is 6.07 Å². The van der Waals surface area contributed by atoms with Crippen molar-refractivity contribution in [3.63, 3.8) is 0 Å². The topological polar surface area (TPSA) is 105 Å². The molecule has 1 atom stereocenters. The highest BCUT2D eigenvalue weighted by molar-refractivity contribution is 6.00. The lowest BCUT2D eigenvalue weighted by Crippen LogP contribution is -2.43. The van der Waals surface area contributed by atoms with E-state index in [1.54, 1.807) is 23.7 Å². The van der Waals surface area contributed by atoms with Crippen molar-refractivity contribution < 1.29 is 37.0 Å². The number of carbonyl (C=O) groups excluding carboxylic acids is 2. The third-order valence-corrected chi connectivity index (χ3v) is 6.08. The van der Waals surface area contributed by atoms with Gasteiger partial charge in [-0.25, -0.2) is 9.78 Å². The van der Waals surface area contributed by atoms with Crippen LogP contribution in [0.1, 0.15) is 44.7 Å². The second-order valence-corrected chi connectivity index (χ2v) is 8.58. The maximum atomic E-state index is 13.4. The molecular weight excluding hydrogens is 493 g/mol. The number of aromatic nitrogens is 3. The van der Waals surface area contributed by atoms with Crippen LogP contribution >= 0.6 is 0 Å². The number of hydrogen-bond acceptors (Lipinski definition) is 7. The van der Waals surface area contributed by atoms with Crippen molar-refractivity contribution >= 4 is 11.9 Å². The van der Waals surface area contributed by atoms with Crippen molar-refractivity contribution in [1.29, 1.82) is 0 Å². The molecule has 4 heterocycles. The van der Waals surface area contributed by atoms with Crippen LogP contribution in [0.25, 0.3) is 11.3 Å². The van der Waals surface area contributed by atoms with Gasteiger partial charge in [0.2, 0.25) is 0 Å². The molecule has 0 unspecified atom stereocenters. The van der Waals surface area contributed by atoms with E-state index < -0.39 is 29.7 Å². The third-order valence-electron chi connectivity index (χ3n) is 6.08. The molecule has 9 nitrogen and oxygen atoms in total. The van der Waals surface area contributed by atoms with Gasteiger partial charge in [-0.05, 0) is 49.2 Å². The fourth-order valence-electron chi connectivity index (χ4n) is 4.39. The van der Waals surface area contributed by atoms with Crippen LogP contribution in [0.5, 0.6) is 5.75 Å². The standard InChI is InChI=1S/C25H23F3N4O5/c1-2-36-24(34)18-5-3-4-17(30-18)21-19-13-35-9-8-32(19)31-22(21)23(33)29-16-11-14-10-15(25(26,27)28)6-7-20(14)37-12-16/h3-7,10,16H,2,8-9,11-13H2,1H3,(H,29,33)/t16-/m1/s1. The maximum absolute atomic E-state index is 13.4. The fraction of sp³-hybridized carbons (Fsp3) is 0.360. The lowest BCUT2D eigenvalue weighted by Gasteiger charge is -2.26. The number of nitrogens with one attached hydrogen (secondary N) is 1. The quantitative estimate of drug-likeness (QED) is 0.519. The predicted molar refractivity (Wildman–Crippen MR) is 123 cm³/mol. The molecular formula is C25H23F3N4O5. The summed E-state index contributed by atoms with van der Waals surface area (Å²) < 4.78 is 57.4. The highest BCUT2D eigenvalue weighted by Crippen LogP contribution is 2.35. The summed E-state index contributed by atoms with van der Waals surface area (Å²) in [5, 5.41) is 7.30. The second kappa shape index (κ2) is 9.85.